The molecule has 0 bridgehead atoms. The van der Waals surface area contributed by atoms with Crippen LogP contribution in [0.4, 0.5) is 0 Å². The van der Waals surface area contributed by atoms with E-state index in [1.807, 2.05) is 24.4 Å². The lowest BCUT2D eigenvalue weighted by molar-refractivity contribution is 0.0958. The smallest absolute Gasteiger partial charge is 0.253 e. The largest absolute Gasteiger partial charge is 0.495 e. The van der Waals surface area contributed by atoms with Gasteiger partial charge in [0.25, 0.3) is 5.91 Å². The molecule has 1 saturated heterocycles. The monoisotopic (exact) mass is 528 g/mol. The molecule has 39 heavy (non-hydrogen) atoms. The van der Waals surface area contributed by atoms with Crippen molar-refractivity contribution in [2.24, 2.45) is 5.92 Å². The molecule has 1 aromatic carbocycles. The Balaban J connectivity index is 1.16. The molecule has 1 amide bonds. The van der Waals surface area contributed by atoms with Gasteiger partial charge in [0, 0.05) is 50.3 Å². The molecule has 1 fully saturated rings. The number of hydrogen-bond acceptors (Lipinski definition) is 4. The van der Waals surface area contributed by atoms with Gasteiger partial charge in [-0.2, -0.15) is 0 Å². The number of fused-ring (bicyclic) bond motifs is 1. The van der Waals surface area contributed by atoms with Crippen LogP contribution in [0, 0.1) is 5.92 Å². The lowest BCUT2D eigenvalue weighted by Crippen LogP contribution is -2.34. The summed E-state index contributed by atoms with van der Waals surface area (Å²) in [5, 5.41) is 7.86. The van der Waals surface area contributed by atoms with Crippen LogP contribution in [0.2, 0.25) is 0 Å². The van der Waals surface area contributed by atoms with Crippen molar-refractivity contribution in [2.45, 2.75) is 58.0 Å². The number of rotatable bonds is 11. The summed E-state index contributed by atoms with van der Waals surface area (Å²) in [7, 11) is 1.70. The molecule has 2 aromatic rings. The number of nitrogens with one attached hydrogen (secondary N) is 2. The highest BCUT2D eigenvalue weighted by atomic mass is 16.5. The van der Waals surface area contributed by atoms with Crippen molar-refractivity contribution >= 4 is 16.8 Å². The molecule has 6 heteroatoms. The first-order valence-corrected chi connectivity index (χ1v) is 14.7. The second kappa shape index (κ2) is 13.3. The Kier molecular flexibility index (Phi) is 9.38. The fourth-order valence-electron chi connectivity index (χ4n) is 6.10. The summed E-state index contributed by atoms with van der Waals surface area (Å²) in [6, 6.07) is 6.51. The quantitative estimate of drug-likeness (QED) is 0.294. The number of benzene rings is 1. The van der Waals surface area contributed by atoms with Crippen LogP contribution in [0.3, 0.4) is 0 Å². The Labute approximate surface area is 233 Å². The number of methoxy groups -OCH3 is 1. The van der Waals surface area contributed by atoms with Crippen LogP contribution in [0.15, 0.2) is 72.0 Å². The van der Waals surface area contributed by atoms with Gasteiger partial charge < -0.3 is 19.9 Å². The molecule has 2 unspecified atom stereocenters. The van der Waals surface area contributed by atoms with Crippen molar-refractivity contribution in [1.82, 2.24) is 20.1 Å². The van der Waals surface area contributed by atoms with Crippen LogP contribution < -0.4 is 15.4 Å². The minimum atomic E-state index is -0.0389. The topological polar surface area (TPSA) is 58.5 Å². The summed E-state index contributed by atoms with van der Waals surface area (Å²) in [4.78, 5) is 15.8. The maximum Gasteiger partial charge on any atom is 0.253 e. The van der Waals surface area contributed by atoms with E-state index in [4.69, 9.17) is 4.74 Å². The molecule has 0 spiro atoms. The molecule has 0 saturated carbocycles. The Hall–Kier alpha value is -3.09. The average Bonchev–Trinajstić information content (AvgIpc) is 3.46. The van der Waals surface area contributed by atoms with Gasteiger partial charge in [-0.25, -0.2) is 0 Å². The third kappa shape index (κ3) is 7.11. The van der Waals surface area contributed by atoms with Crippen LogP contribution in [0.25, 0.3) is 10.9 Å². The molecule has 1 aliphatic heterocycles. The van der Waals surface area contributed by atoms with Crippen molar-refractivity contribution < 1.29 is 9.53 Å². The van der Waals surface area contributed by atoms with Gasteiger partial charge in [-0.1, -0.05) is 61.1 Å². The summed E-state index contributed by atoms with van der Waals surface area (Å²) >= 11 is 0. The van der Waals surface area contributed by atoms with Crippen LogP contribution in [0.1, 0.15) is 55.8 Å². The summed E-state index contributed by atoms with van der Waals surface area (Å²) in [5.41, 5.74) is 4.44. The van der Waals surface area contributed by atoms with E-state index in [1.165, 1.54) is 31.4 Å². The van der Waals surface area contributed by atoms with Gasteiger partial charge in [0.05, 0.1) is 18.2 Å². The molecular weight excluding hydrogens is 484 g/mol. The third-order valence-electron chi connectivity index (χ3n) is 8.14. The highest BCUT2D eigenvalue weighted by Crippen LogP contribution is 2.30. The molecule has 2 aliphatic carbocycles. The predicted octanol–water partition coefficient (Wildman–Crippen LogP) is 5.62. The Morgan fingerprint density at radius 2 is 2.10 bits per heavy atom. The first kappa shape index (κ1) is 27.5. The zero-order valence-electron chi connectivity index (χ0n) is 23.6. The van der Waals surface area contributed by atoms with Crippen molar-refractivity contribution in [2.75, 3.05) is 39.8 Å². The lowest BCUT2D eigenvalue weighted by atomic mass is 9.98. The number of allylic oxidation sites excluding steroid dienone is 5. The van der Waals surface area contributed by atoms with E-state index in [0.717, 1.165) is 62.1 Å². The molecule has 208 valence electrons. The van der Waals surface area contributed by atoms with Gasteiger partial charge in [0.1, 0.15) is 5.75 Å². The van der Waals surface area contributed by atoms with E-state index in [0.29, 0.717) is 24.1 Å². The molecule has 2 N–H and O–H groups in total. The van der Waals surface area contributed by atoms with Gasteiger partial charge >= 0.3 is 0 Å². The molecular formula is C33H44N4O2. The van der Waals surface area contributed by atoms with Crippen molar-refractivity contribution in [1.29, 1.82) is 0 Å². The zero-order chi connectivity index (χ0) is 27.0. The fraction of sp³-hybridized carbons (Fsp3) is 0.485. The number of likely N-dealkylation sites (tertiary alicyclic amines) is 1. The van der Waals surface area contributed by atoms with Gasteiger partial charge in [0.15, 0.2) is 0 Å². The van der Waals surface area contributed by atoms with E-state index in [1.54, 1.807) is 12.7 Å². The van der Waals surface area contributed by atoms with Crippen molar-refractivity contribution in [3.05, 3.63) is 77.6 Å². The number of para-hydroxylation sites is 1. The van der Waals surface area contributed by atoms with E-state index in [2.05, 4.69) is 63.5 Å². The lowest BCUT2D eigenvalue weighted by Gasteiger charge is -2.18. The zero-order valence-corrected chi connectivity index (χ0v) is 23.6. The minimum absolute atomic E-state index is 0.0389. The highest BCUT2D eigenvalue weighted by Gasteiger charge is 2.23. The molecule has 3 aliphatic rings. The van der Waals surface area contributed by atoms with Crippen LogP contribution in [-0.4, -0.2) is 61.2 Å². The van der Waals surface area contributed by atoms with Gasteiger partial charge in [-0.05, 0) is 62.6 Å². The highest BCUT2D eigenvalue weighted by molar-refractivity contribution is 6.08. The SMILES string of the molecule is COc1cccc2c(C(=O)NCC3=CC(C)CC=C3)cn(CCCNC3CCN(CC4=CCCC=CC4)C3)c12. The third-order valence-corrected chi connectivity index (χ3v) is 8.14. The molecule has 2 atom stereocenters. The van der Waals surface area contributed by atoms with Crippen LogP contribution in [-0.2, 0) is 6.54 Å². The predicted molar refractivity (Wildman–Crippen MR) is 160 cm³/mol. The molecule has 6 nitrogen and oxygen atoms in total. The molecule has 2 heterocycles. The maximum atomic E-state index is 13.3. The Morgan fingerprint density at radius 1 is 1.18 bits per heavy atom. The van der Waals surface area contributed by atoms with E-state index in [-0.39, 0.29) is 5.91 Å². The number of aryl methyl sites for hydroxylation is 1. The second-order valence-corrected chi connectivity index (χ2v) is 11.3. The molecule has 1 aromatic heterocycles. The van der Waals surface area contributed by atoms with Crippen LogP contribution in [0.5, 0.6) is 5.75 Å². The fourth-order valence-corrected chi connectivity index (χ4v) is 6.10. The molecule has 5 rings (SSSR count). The van der Waals surface area contributed by atoms with E-state index >= 15 is 0 Å². The number of carbonyl (C=O) groups is 1. The van der Waals surface area contributed by atoms with Crippen molar-refractivity contribution in [3.8, 4) is 5.75 Å². The Bertz CT molecular complexity index is 1270. The van der Waals surface area contributed by atoms with Crippen LogP contribution >= 0.6 is 0 Å². The van der Waals surface area contributed by atoms with E-state index < -0.39 is 0 Å². The number of nitrogens with zero attached hydrogens (tertiary/aromatic N) is 2. The minimum Gasteiger partial charge on any atom is -0.495 e. The number of aromatic nitrogens is 1. The van der Waals surface area contributed by atoms with Gasteiger partial charge in [-0.3, -0.25) is 9.69 Å². The van der Waals surface area contributed by atoms with E-state index in [9.17, 15) is 4.79 Å². The number of ether oxygens (including phenoxy) is 1. The number of carbonyl (C=O) groups excluding carboxylic acids is 1. The normalized spacial score (nSPS) is 21.6. The standard InChI is InChI=1S/C33H44N4O2/c1-25-10-7-13-27(20-25)21-35-33(38)30-24-37(32-29(30)14-8-15-31(32)39-2)18-9-17-34-28-16-19-36(23-28)22-26-11-5-3-4-6-12-26/h3,5,7-8,12-15,20,24-25,28,34H,4,6,9-11,16-19,21-23H2,1-2H3,(H,35,38). The first-order valence-electron chi connectivity index (χ1n) is 14.7. The summed E-state index contributed by atoms with van der Waals surface area (Å²) < 4.78 is 7.89. The Morgan fingerprint density at radius 3 is 2.97 bits per heavy atom. The number of hydrogen-bond donors (Lipinski definition) is 2. The summed E-state index contributed by atoms with van der Waals surface area (Å²) in [5.74, 6) is 1.29. The summed E-state index contributed by atoms with van der Waals surface area (Å²) in [6.45, 7) is 7.94. The summed E-state index contributed by atoms with van der Waals surface area (Å²) in [6.07, 6.45) is 22.4. The maximum absolute atomic E-state index is 13.3. The van der Waals surface area contributed by atoms with Gasteiger partial charge in [-0.15, -0.1) is 0 Å². The van der Waals surface area contributed by atoms with Gasteiger partial charge in [0.2, 0.25) is 0 Å². The van der Waals surface area contributed by atoms with Crippen molar-refractivity contribution in [3.63, 3.8) is 0 Å². The number of amides is 1. The second-order valence-electron chi connectivity index (χ2n) is 11.3. The molecule has 0 radical (unpaired) electrons. The first-order chi connectivity index (χ1) is 19.1. The average molecular weight is 529 g/mol.